The maximum atomic E-state index is 13.1. The Kier molecular flexibility index (Phi) is 74.0. The summed E-state index contributed by atoms with van der Waals surface area (Å²) in [5.74, 6) is -2.15. The molecular formula is C83H154O17P2. The summed E-state index contributed by atoms with van der Waals surface area (Å²) in [4.78, 5) is 73.1. The lowest BCUT2D eigenvalue weighted by Gasteiger charge is -2.21. The molecule has 5 unspecified atom stereocenters. The van der Waals surface area contributed by atoms with E-state index < -0.39 is 97.5 Å². The molecule has 0 aromatic carbocycles. The molecule has 3 N–H and O–H groups in total. The molecule has 0 aromatic heterocycles. The quantitative estimate of drug-likeness (QED) is 0.0169. The van der Waals surface area contributed by atoms with Crippen molar-refractivity contribution in [3.8, 4) is 0 Å². The molecule has 0 heterocycles. The molecule has 0 fully saturated rings. The first kappa shape index (κ1) is 99.0. The van der Waals surface area contributed by atoms with Crippen molar-refractivity contribution in [3.63, 3.8) is 0 Å². The second-order valence-corrected chi connectivity index (χ2v) is 31.3. The SMILES string of the molecule is CCCCC/C=C\C/C=C\C/C=C\CCCCCCCCC(=O)OCC(COP(=O)(O)OCC(O)COP(=O)(O)OCC(COC(=O)CCCCCCCCCCCCCCCCC)OC(=O)CCCCCCCCCCCCCCCCC)OC(=O)CCCCCCC/C=C\CCCCCC. The molecule has 0 spiro atoms. The molecular weight excluding hydrogens is 1330 g/mol. The van der Waals surface area contributed by atoms with E-state index in [9.17, 15) is 43.2 Å². The maximum Gasteiger partial charge on any atom is 0.472 e. The van der Waals surface area contributed by atoms with Crippen molar-refractivity contribution in [1.82, 2.24) is 0 Å². The molecule has 0 aliphatic carbocycles. The highest BCUT2D eigenvalue weighted by Gasteiger charge is 2.30. The monoisotopic (exact) mass is 1490 g/mol. The lowest BCUT2D eigenvalue weighted by atomic mass is 10.0. The van der Waals surface area contributed by atoms with E-state index in [0.717, 1.165) is 141 Å². The molecule has 5 atom stereocenters. The molecule has 0 rings (SSSR count). The zero-order valence-corrected chi connectivity index (χ0v) is 67.3. The van der Waals surface area contributed by atoms with Gasteiger partial charge in [0.1, 0.15) is 19.3 Å². The predicted octanol–water partition coefficient (Wildman–Crippen LogP) is 24.5. The molecule has 0 aliphatic heterocycles. The number of unbranched alkanes of at least 4 members (excludes halogenated alkanes) is 46. The zero-order valence-electron chi connectivity index (χ0n) is 65.6. The molecule has 0 aromatic rings. The summed E-state index contributed by atoms with van der Waals surface area (Å²) in [6.45, 7) is 4.92. The van der Waals surface area contributed by atoms with E-state index in [1.807, 2.05) is 0 Å². The summed E-state index contributed by atoms with van der Waals surface area (Å²) in [6, 6.07) is 0. The van der Waals surface area contributed by atoms with Gasteiger partial charge in [-0.25, -0.2) is 9.13 Å². The van der Waals surface area contributed by atoms with Crippen LogP contribution in [0.25, 0.3) is 0 Å². The number of phosphoric ester groups is 2. The van der Waals surface area contributed by atoms with Gasteiger partial charge in [0.15, 0.2) is 12.2 Å². The Morgan fingerprint density at radius 1 is 0.275 bits per heavy atom. The lowest BCUT2D eigenvalue weighted by molar-refractivity contribution is -0.161. The first-order chi connectivity index (χ1) is 49.7. The fourth-order valence-corrected chi connectivity index (χ4v) is 13.5. The van der Waals surface area contributed by atoms with Crippen molar-refractivity contribution in [2.45, 2.75) is 418 Å². The van der Waals surface area contributed by atoms with Gasteiger partial charge in [0.05, 0.1) is 26.4 Å². The molecule has 102 heavy (non-hydrogen) atoms. The summed E-state index contributed by atoms with van der Waals surface area (Å²) >= 11 is 0. The zero-order chi connectivity index (χ0) is 74.6. The van der Waals surface area contributed by atoms with Crippen molar-refractivity contribution < 1.29 is 80.2 Å². The third-order valence-corrected chi connectivity index (χ3v) is 20.2. The van der Waals surface area contributed by atoms with Gasteiger partial charge in [0, 0.05) is 25.7 Å². The van der Waals surface area contributed by atoms with Crippen LogP contribution >= 0.6 is 15.6 Å². The number of carbonyl (C=O) groups is 4. The van der Waals surface area contributed by atoms with Crippen LogP contribution in [0, 0.1) is 0 Å². The average molecular weight is 1490 g/mol. The molecule has 17 nitrogen and oxygen atoms in total. The number of phosphoric acid groups is 2. The molecule has 19 heteroatoms. The van der Waals surface area contributed by atoms with Crippen LogP contribution in [0.2, 0.25) is 0 Å². The second-order valence-electron chi connectivity index (χ2n) is 28.4. The Morgan fingerprint density at radius 3 is 0.775 bits per heavy atom. The van der Waals surface area contributed by atoms with Gasteiger partial charge in [-0.1, -0.05) is 333 Å². The highest BCUT2D eigenvalue weighted by molar-refractivity contribution is 7.47. The largest absolute Gasteiger partial charge is 0.472 e. The third-order valence-electron chi connectivity index (χ3n) is 18.3. The van der Waals surface area contributed by atoms with Crippen LogP contribution in [0.15, 0.2) is 48.6 Å². The van der Waals surface area contributed by atoms with Gasteiger partial charge in [-0.15, -0.1) is 0 Å². The molecule has 0 aliphatic rings. The van der Waals surface area contributed by atoms with E-state index in [1.54, 1.807) is 0 Å². The first-order valence-corrected chi connectivity index (χ1v) is 44.9. The number of esters is 4. The Morgan fingerprint density at radius 2 is 0.480 bits per heavy atom. The van der Waals surface area contributed by atoms with Gasteiger partial charge in [-0.05, 0) is 89.9 Å². The van der Waals surface area contributed by atoms with E-state index in [2.05, 4.69) is 76.3 Å². The number of hydrogen-bond donors (Lipinski definition) is 3. The standard InChI is InChI=1S/C83H154O17P2/c1-5-9-13-17-21-25-29-33-36-37-38-39-42-45-48-52-56-60-64-68-81(86)94-73-78(99-82(87)69-65-61-57-53-49-43-32-28-24-20-16-12-8-4)75-97-101(89,90)95-71-77(84)72-96-102(91,92)98-76-79(100-83(88)70-66-62-58-54-50-46-41-35-31-27-23-19-15-11-7-3)74-93-80(85)67-63-59-55-51-47-44-40-34-30-26-22-18-14-10-6-2/h21,25,28,32-33,36,38-39,77-79,84H,5-20,22-24,26-27,29-31,34-35,37,40-76H2,1-4H3,(H,89,90)(H,91,92)/b25-21-,32-28-,36-33-,39-38-. The summed E-state index contributed by atoms with van der Waals surface area (Å²) in [5, 5.41) is 10.6. The first-order valence-electron chi connectivity index (χ1n) is 41.9. The maximum absolute atomic E-state index is 13.1. The van der Waals surface area contributed by atoms with Crippen LogP contribution in [0.3, 0.4) is 0 Å². The number of ether oxygens (including phenoxy) is 4. The van der Waals surface area contributed by atoms with E-state index in [4.69, 9.17) is 37.0 Å². The second kappa shape index (κ2) is 76.2. The summed E-state index contributed by atoms with van der Waals surface area (Å²) < 4.78 is 68.7. The van der Waals surface area contributed by atoms with E-state index >= 15 is 0 Å². The van der Waals surface area contributed by atoms with Crippen LogP contribution < -0.4 is 0 Å². The number of rotatable bonds is 80. The summed E-state index contributed by atoms with van der Waals surface area (Å²) in [6.07, 6.45) is 75.0. The molecule has 0 saturated heterocycles. The van der Waals surface area contributed by atoms with Crippen LogP contribution in [-0.2, 0) is 65.4 Å². The van der Waals surface area contributed by atoms with Crippen LogP contribution in [-0.4, -0.2) is 96.7 Å². The molecule has 0 amide bonds. The smallest absolute Gasteiger partial charge is 0.462 e. The van der Waals surface area contributed by atoms with Gasteiger partial charge in [0.25, 0.3) is 0 Å². The minimum absolute atomic E-state index is 0.0868. The fourth-order valence-electron chi connectivity index (χ4n) is 11.9. The van der Waals surface area contributed by atoms with Crippen LogP contribution in [0.4, 0.5) is 0 Å². The van der Waals surface area contributed by atoms with Crippen LogP contribution in [0.1, 0.15) is 400 Å². The highest BCUT2D eigenvalue weighted by atomic mass is 31.2. The predicted molar refractivity (Wildman–Crippen MR) is 418 cm³/mol. The van der Waals surface area contributed by atoms with Crippen LogP contribution in [0.5, 0.6) is 0 Å². The Labute approximate surface area is 623 Å². The third kappa shape index (κ3) is 75.3. The van der Waals surface area contributed by atoms with E-state index in [0.29, 0.717) is 25.7 Å². The molecule has 0 bridgehead atoms. The fraction of sp³-hybridized carbons (Fsp3) is 0.855. The van der Waals surface area contributed by atoms with Gasteiger partial charge >= 0.3 is 39.5 Å². The Balaban J connectivity index is 5.30. The number of carbonyl (C=O) groups excluding carboxylic acids is 4. The Bertz CT molecular complexity index is 2120. The summed E-state index contributed by atoms with van der Waals surface area (Å²) in [5.41, 5.74) is 0. The number of aliphatic hydroxyl groups excluding tert-OH is 1. The molecule has 0 radical (unpaired) electrons. The molecule has 0 saturated carbocycles. The highest BCUT2D eigenvalue weighted by Crippen LogP contribution is 2.45. The van der Waals surface area contributed by atoms with Crippen molar-refractivity contribution in [3.05, 3.63) is 48.6 Å². The average Bonchev–Trinajstić information content (AvgIpc) is 0.908. The van der Waals surface area contributed by atoms with Gasteiger partial charge in [-0.2, -0.15) is 0 Å². The van der Waals surface area contributed by atoms with Gasteiger partial charge < -0.3 is 33.8 Å². The van der Waals surface area contributed by atoms with Crippen molar-refractivity contribution in [2.75, 3.05) is 39.6 Å². The van der Waals surface area contributed by atoms with Gasteiger partial charge in [-0.3, -0.25) is 37.3 Å². The topological polar surface area (TPSA) is 237 Å². The van der Waals surface area contributed by atoms with Crippen molar-refractivity contribution in [2.24, 2.45) is 0 Å². The summed E-state index contributed by atoms with van der Waals surface area (Å²) in [7, 11) is -9.94. The minimum Gasteiger partial charge on any atom is -0.462 e. The van der Waals surface area contributed by atoms with Gasteiger partial charge in [0.2, 0.25) is 0 Å². The number of aliphatic hydroxyl groups is 1. The minimum atomic E-state index is -4.97. The van der Waals surface area contributed by atoms with E-state index in [1.165, 1.54) is 180 Å². The number of hydrogen-bond acceptors (Lipinski definition) is 15. The van der Waals surface area contributed by atoms with Crippen molar-refractivity contribution in [1.29, 1.82) is 0 Å². The van der Waals surface area contributed by atoms with Crippen molar-refractivity contribution >= 4 is 39.5 Å². The normalized spacial score (nSPS) is 14.1. The van der Waals surface area contributed by atoms with E-state index in [-0.39, 0.29) is 25.7 Å². The number of allylic oxidation sites excluding steroid dienone is 8. The lowest BCUT2D eigenvalue weighted by Crippen LogP contribution is -2.30. The Hall–Kier alpha value is -2.98. The molecule has 598 valence electrons.